The van der Waals surface area contributed by atoms with Gasteiger partial charge in [0.2, 0.25) is 5.79 Å². The molecule has 0 radical (unpaired) electrons. The van der Waals surface area contributed by atoms with Gasteiger partial charge >= 0.3 is 11.9 Å². The number of benzene rings is 1. The quantitative estimate of drug-likeness (QED) is 0.280. The van der Waals surface area contributed by atoms with Gasteiger partial charge in [0.25, 0.3) is 0 Å². The predicted molar refractivity (Wildman–Crippen MR) is 62.3 cm³/mol. The summed E-state index contributed by atoms with van der Waals surface area (Å²) < 4.78 is 4.62. The zero-order chi connectivity index (χ0) is 14.8. The molecular formula is C12H14O7. The van der Waals surface area contributed by atoms with Crippen LogP contribution in [0, 0.1) is 0 Å². The molecule has 1 atom stereocenters. The molecule has 0 aliphatic rings. The minimum atomic E-state index is -3.41. The number of esters is 1. The molecule has 0 saturated heterocycles. The number of hydrogen-bond acceptors (Lipinski definition) is 7. The summed E-state index contributed by atoms with van der Waals surface area (Å²) in [6, 6.07) is 3.46. The molecule has 0 saturated carbocycles. The molecule has 19 heavy (non-hydrogen) atoms. The Balaban J connectivity index is 3.38. The zero-order valence-corrected chi connectivity index (χ0v) is 10.1. The van der Waals surface area contributed by atoms with E-state index in [2.05, 4.69) is 11.3 Å². The van der Waals surface area contributed by atoms with Crippen LogP contribution in [0.1, 0.15) is 18.1 Å². The number of phenolic OH excluding ortho intramolecular Hbond substituents is 1. The van der Waals surface area contributed by atoms with Crippen LogP contribution in [0.3, 0.4) is 0 Å². The second kappa shape index (κ2) is 4.98. The van der Waals surface area contributed by atoms with Gasteiger partial charge in [0, 0.05) is 18.6 Å². The number of aliphatic hydroxyl groups is 4. The van der Waals surface area contributed by atoms with E-state index in [1.54, 1.807) is 0 Å². The maximum Gasteiger partial charge on any atom is 0.332 e. The largest absolute Gasteiger partial charge is 0.507 e. The maximum atomic E-state index is 11.1. The van der Waals surface area contributed by atoms with E-state index >= 15 is 0 Å². The third-order valence-corrected chi connectivity index (χ3v) is 2.34. The summed E-state index contributed by atoms with van der Waals surface area (Å²) in [5.41, 5.74) is -1.19. The Kier molecular flexibility index (Phi) is 3.97. The fourth-order valence-electron chi connectivity index (χ4n) is 1.57. The van der Waals surface area contributed by atoms with Gasteiger partial charge < -0.3 is 30.3 Å². The Hall–Kier alpha value is -1.93. The minimum Gasteiger partial charge on any atom is -0.507 e. The summed E-state index contributed by atoms with van der Waals surface area (Å²) in [6.07, 6.45) is 0.793. The number of aromatic hydroxyl groups is 1. The number of ether oxygens (including phenoxy) is 1. The molecule has 0 fully saturated rings. The highest BCUT2D eigenvalue weighted by Crippen LogP contribution is 2.36. The van der Waals surface area contributed by atoms with E-state index in [1.165, 1.54) is 6.07 Å². The molecule has 1 unspecified atom stereocenters. The van der Waals surface area contributed by atoms with E-state index in [9.17, 15) is 30.3 Å². The van der Waals surface area contributed by atoms with E-state index in [0.29, 0.717) is 0 Å². The lowest BCUT2D eigenvalue weighted by molar-refractivity contribution is -0.326. The smallest absolute Gasteiger partial charge is 0.332 e. The highest BCUT2D eigenvalue weighted by molar-refractivity contribution is 5.81. The molecule has 1 aromatic carbocycles. The Morgan fingerprint density at radius 3 is 2.37 bits per heavy atom. The molecule has 0 aliphatic carbocycles. The second-order valence-electron chi connectivity index (χ2n) is 3.94. The number of hydrogen-bond donors (Lipinski definition) is 5. The molecule has 1 rings (SSSR count). The molecular weight excluding hydrogens is 256 g/mol. The molecule has 5 N–H and O–H groups in total. The number of rotatable bonds is 4. The van der Waals surface area contributed by atoms with E-state index in [-0.39, 0.29) is 0 Å². The summed E-state index contributed by atoms with van der Waals surface area (Å²) in [5.74, 6) is -7.39. The van der Waals surface area contributed by atoms with Gasteiger partial charge in [0.05, 0.1) is 5.56 Å². The van der Waals surface area contributed by atoms with Gasteiger partial charge in [-0.15, -0.1) is 0 Å². The molecule has 1 aromatic rings. The van der Waals surface area contributed by atoms with Crippen molar-refractivity contribution in [1.29, 1.82) is 0 Å². The lowest BCUT2D eigenvalue weighted by atomic mass is 9.97. The van der Waals surface area contributed by atoms with E-state index in [0.717, 1.165) is 25.1 Å². The van der Waals surface area contributed by atoms with Crippen molar-refractivity contribution in [2.24, 2.45) is 0 Å². The van der Waals surface area contributed by atoms with Gasteiger partial charge in [-0.1, -0.05) is 18.7 Å². The summed E-state index contributed by atoms with van der Waals surface area (Å²) in [4.78, 5) is 11.1. The summed E-state index contributed by atoms with van der Waals surface area (Å²) in [5, 5.41) is 47.1. The highest BCUT2D eigenvalue weighted by atomic mass is 16.7. The van der Waals surface area contributed by atoms with Crippen LogP contribution >= 0.6 is 0 Å². The molecule has 0 amide bonds. The van der Waals surface area contributed by atoms with Crippen molar-refractivity contribution in [3.05, 3.63) is 42.0 Å². The standard InChI is InChI=1S/C12H14O7/c1-3-9(14)19-11(2,15)7-5-4-6-8(13)10(7)12(16,17)18/h3-6,13,15-18H,1H2,2H3. The van der Waals surface area contributed by atoms with Crippen LogP contribution in [0.2, 0.25) is 0 Å². The van der Waals surface area contributed by atoms with E-state index in [4.69, 9.17) is 0 Å². The first-order chi connectivity index (χ1) is 8.59. The molecule has 104 valence electrons. The van der Waals surface area contributed by atoms with Gasteiger partial charge in [0.15, 0.2) is 0 Å². The lowest BCUT2D eigenvalue weighted by Crippen LogP contribution is -2.34. The van der Waals surface area contributed by atoms with Crippen molar-refractivity contribution in [3.8, 4) is 5.75 Å². The van der Waals surface area contributed by atoms with Crippen LogP contribution < -0.4 is 0 Å². The topological polar surface area (TPSA) is 127 Å². The third-order valence-electron chi connectivity index (χ3n) is 2.34. The second-order valence-corrected chi connectivity index (χ2v) is 3.94. The summed E-state index contributed by atoms with van der Waals surface area (Å²) in [6.45, 7) is 4.17. The van der Waals surface area contributed by atoms with Gasteiger partial charge in [-0.2, -0.15) is 0 Å². The van der Waals surface area contributed by atoms with Gasteiger partial charge in [-0.05, 0) is 6.07 Å². The van der Waals surface area contributed by atoms with Crippen molar-refractivity contribution in [3.63, 3.8) is 0 Å². The Morgan fingerprint density at radius 2 is 1.89 bits per heavy atom. The van der Waals surface area contributed by atoms with Gasteiger partial charge in [0.1, 0.15) is 5.75 Å². The average molecular weight is 270 g/mol. The van der Waals surface area contributed by atoms with Crippen LogP contribution in [0.25, 0.3) is 0 Å². The summed E-state index contributed by atoms with van der Waals surface area (Å²) in [7, 11) is 0. The highest BCUT2D eigenvalue weighted by Gasteiger charge is 2.38. The number of carbonyl (C=O) groups is 1. The molecule has 0 heterocycles. The van der Waals surface area contributed by atoms with E-state index < -0.39 is 34.6 Å². The number of carbonyl (C=O) groups excluding carboxylic acids is 1. The van der Waals surface area contributed by atoms with Crippen LogP contribution in [0.15, 0.2) is 30.9 Å². The predicted octanol–water partition coefficient (Wildman–Crippen LogP) is -0.626. The lowest BCUT2D eigenvalue weighted by Gasteiger charge is -2.28. The van der Waals surface area contributed by atoms with Crippen molar-refractivity contribution in [1.82, 2.24) is 0 Å². The minimum absolute atomic E-state index is 0.393. The monoisotopic (exact) mass is 270 g/mol. The van der Waals surface area contributed by atoms with Crippen LogP contribution in [0.5, 0.6) is 5.75 Å². The number of phenols is 1. The van der Waals surface area contributed by atoms with Gasteiger partial charge in [-0.25, -0.2) is 4.79 Å². The maximum absolute atomic E-state index is 11.1. The fraction of sp³-hybridized carbons (Fsp3) is 0.250. The molecule has 0 spiro atoms. The van der Waals surface area contributed by atoms with Crippen molar-refractivity contribution < 1.29 is 35.1 Å². The molecule has 7 nitrogen and oxygen atoms in total. The first-order valence-electron chi connectivity index (χ1n) is 5.17. The Labute approximate surface area is 108 Å². The zero-order valence-electron chi connectivity index (χ0n) is 10.1. The van der Waals surface area contributed by atoms with Crippen molar-refractivity contribution >= 4 is 5.97 Å². The van der Waals surface area contributed by atoms with Crippen molar-refractivity contribution in [2.45, 2.75) is 18.7 Å². The molecule has 0 aliphatic heterocycles. The van der Waals surface area contributed by atoms with Gasteiger partial charge in [-0.3, -0.25) is 0 Å². The average Bonchev–Trinajstić information content (AvgIpc) is 2.26. The van der Waals surface area contributed by atoms with Crippen LogP contribution in [-0.4, -0.2) is 31.5 Å². The van der Waals surface area contributed by atoms with Crippen molar-refractivity contribution in [2.75, 3.05) is 0 Å². The summed E-state index contributed by atoms with van der Waals surface area (Å²) >= 11 is 0. The first kappa shape index (κ1) is 15.1. The first-order valence-corrected chi connectivity index (χ1v) is 5.17. The normalized spacial score (nSPS) is 14.6. The SMILES string of the molecule is C=CC(=O)OC(C)(O)c1cccc(O)c1C(O)(O)O. The molecule has 0 bridgehead atoms. The molecule has 7 heteroatoms. The Morgan fingerprint density at radius 1 is 1.32 bits per heavy atom. The van der Waals surface area contributed by atoms with E-state index in [1.807, 2.05) is 0 Å². The van der Waals surface area contributed by atoms with Crippen LogP contribution in [-0.2, 0) is 21.3 Å². The third kappa shape index (κ3) is 3.30. The Bertz CT molecular complexity index is 499. The molecule has 0 aromatic heterocycles. The fourth-order valence-corrected chi connectivity index (χ4v) is 1.57. The van der Waals surface area contributed by atoms with Crippen LogP contribution in [0.4, 0.5) is 0 Å².